The summed E-state index contributed by atoms with van der Waals surface area (Å²) >= 11 is 0. The minimum Gasteiger partial charge on any atom is -0.392 e. The van der Waals surface area contributed by atoms with Gasteiger partial charge < -0.3 is 10.0 Å². The lowest BCUT2D eigenvalue weighted by Crippen LogP contribution is -2.20. The van der Waals surface area contributed by atoms with E-state index in [1.807, 2.05) is 6.07 Å². The highest BCUT2D eigenvalue weighted by Crippen LogP contribution is 2.38. The number of hydrogen-bond acceptors (Lipinski definition) is 2. The van der Waals surface area contributed by atoms with Gasteiger partial charge in [-0.1, -0.05) is 25.5 Å². The van der Waals surface area contributed by atoms with E-state index in [4.69, 9.17) is 0 Å². The zero-order valence-electron chi connectivity index (χ0n) is 10.2. The van der Waals surface area contributed by atoms with Crippen molar-refractivity contribution in [2.24, 2.45) is 0 Å². The number of aliphatic hydroxyl groups excluding tert-OH is 1. The molecule has 0 aliphatic carbocycles. The van der Waals surface area contributed by atoms with Gasteiger partial charge in [-0.05, 0) is 30.5 Å². The fourth-order valence-electron chi connectivity index (χ4n) is 2.67. The highest BCUT2D eigenvalue weighted by Gasteiger charge is 2.26. The van der Waals surface area contributed by atoms with E-state index in [0.717, 1.165) is 18.7 Å². The van der Waals surface area contributed by atoms with Crippen LogP contribution in [0.5, 0.6) is 0 Å². The van der Waals surface area contributed by atoms with Crippen LogP contribution in [0.3, 0.4) is 0 Å². The highest BCUT2D eigenvalue weighted by atomic mass is 16.3. The Balaban J connectivity index is 2.33. The molecule has 0 aromatic heterocycles. The maximum Gasteiger partial charge on any atom is 0.0681 e. The van der Waals surface area contributed by atoms with E-state index >= 15 is 0 Å². The van der Waals surface area contributed by atoms with Crippen molar-refractivity contribution in [3.05, 3.63) is 29.3 Å². The summed E-state index contributed by atoms with van der Waals surface area (Å²) in [5.74, 6) is 0.659. The molecule has 0 bridgehead atoms. The minimum absolute atomic E-state index is 0.151. The third-order valence-electron chi connectivity index (χ3n) is 3.51. The van der Waals surface area contributed by atoms with E-state index < -0.39 is 0 Å². The van der Waals surface area contributed by atoms with Crippen LogP contribution in [-0.4, -0.2) is 18.2 Å². The Bertz CT molecular complexity index is 362. The summed E-state index contributed by atoms with van der Waals surface area (Å²) in [6, 6.07) is 6.39. The Kier molecular flexibility index (Phi) is 3.49. The SMILES string of the molecule is CCCC1CN(CC)c2ccc(CO)cc21. The van der Waals surface area contributed by atoms with Crippen molar-refractivity contribution >= 4 is 5.69 Å². The van der Waals surface area contributed by atoms with Crippen LogP contribution in [0.1, 0.15) is 43.7 Å². The highest BCUT2D eigenvalue weighted by molar-refractivity contribution is 5.61. The molecular weight excluding hydrogens is 198 g/mol. The summed E-state index contributed by atoms with van der Waals surface area (Å²) in [4.78, 5) is 2.44. The lowest BCUT2D eigenvalue weighted by atomic mass is 9.95. The van der Waals surface area contributed by atoms with Crippen LogP contribution in [0.15, 0.2) is 18.2 Å². The van der Waals surface area contributed by atoms with Gasteiger partial charge >= 0.3 is 0 Å². The fourth-order valence-corrected chi connectivity index (χ4v) is 2.67. The molecule has 88 valence electrons. The molecule has 1 aromatic rings. The summed E-state index contributed by atoms with van der Waals surface area (Å²) in [5.41, 5.74) is 3.85. The second kappa shape index (κ2) is 4.88. The molecule has 1 aromatic carbocycles. The first-order valence-electron chi connectivity index (χ1n) is 6.28. The van der Waals surface area contributed by atoms with E-state index in [-0.39, 0.29) is 6.61 Å². The Labute approximate surface area is 97.9 Å². The normalized spacial score (nSPS) is 18.9. The smallest absolute Gasteiger partial charge is 0.0681 e. The van der Waals surface area contributed by atoms with E-state index in [1.54, 1.807) is 0 Å². The monoisotopic (exact) mass is 219 g/mol. The molecule has 1 heterocycles. The van der Waals surface area contributed by atoms with Crippen LogP contribution in [0.4, 0.5) is 5.69 Å². The quantitative estimate of drug-likeness (QED) is 0.841. The zero-order chi connectivity index (χ0) is 11.5. The molecule has 1 unspecified atom stereocenters. The van der Waals surface area contributed by atoms with Gasteiger partial charge in [-0.15, -0.1) is 0 Å². The van der Waals surface area contributed by atoms with Gasteiger partial charge in [-0.2, -0.15) is 0 Å². The fraction of sp³-hybridized carbons (Fsp3) is 0.571. The van der Waals surface area contributed by atoms with Gasteiger partial charge in [0.05, 0.1) is 6.61 Å². The van der Waals surface area contributed by atoms with Crippen molar-refractivity contribution in [2.45, 2.75) is 39.2 Å². The van der Waals surface area contributed by atoms with E-state index in [2.05, 4.69) is 30.9 Å². The Morgan fingerprint density at radius 2 is 2.19 bits per heavy atom. The zero-order valence-corrected chi connectivity index (χ0v) is 10.2. The molecule has 0 amide bonds. The number of rotatable bonds is 4. The molecule has 1 atom stereocenters. The second-order valence-electron chi connectivity index (χ2n) is 4.58. The molecule has 2 rings (SSSR count). The van der Waals surface area contributed by atoms with Gasteiger partial charge in [0.25, 0.3) is 0 Å². The van der Waals surface area contributed by atoms with Crippen molar-refractivity contribution < 1.29 is 5.11 Å². The van der Waals surface area contributed by atoms with Crippen LogP contribution < -0.4 is 4.90 Å². The van der Waals surface area contributed by atoms with E-state index in [0.29, 0.717) is 5.92 Å². The molecule has 2 nitrogen and oxygen atoms in total. The minimum atomic E-state index is 0.151. The number of benzene rings is 1. The molecule has 1 aliphatic heterocycles. The third-order valence-corrected chi connectivity index (χ3v) is 3.51. The van der Waals surface area contributed by atoms with Crippen LogP contribution in [0.25, 0.3) is 0 Å². The van der Waals surface area contributed by atoms with Crippen LogP contribution in [0, 0.1) is 0 Å². The van der Waals surface area contributed by atoms with E-state index in [1.165, 1.54) is 24.1 Å². The molecule has 0 fully saturated rings. The summed E-state index contributed by atoms with van der Waals surface area (Å²) in [7, 11) is 0. The lowest BCUT2D eigenvalue weighted by Gasteiger charge is -2.17. The largest absolute Gasteiger partial charge is 0.392 e. The van der Waals surface area contributed by atoms with Gasteiger partial charge in [0.1, 0.15) is 0 Å². The second-order valence-corrected chi connectivity index (χ2v) is 4.58. The molecular formula is C14H21NO. The summed E-state index contributed by atoms with van der Waals surface area (Å²) in [6.45, 7) is 6.82. The van der Waals surface area contributed by atoms with Gasteiger partial charge in [0.15, 0.2) is 0 Å². The molecule has 16 heavy (non-hydrogen) atoms. The van der Waals surface area contributed by atoms with Gasteiger partial charge in [0, 0.05) is 24.7 Å². The average molecular weight is 219 g/mol. The number of anilines is 1. The van der Waals surface area contributed by atoms with Crippen molar-refractivity contribution in [2.75, 3.05) is 18.0 Å². The molecule has 0 saturated carbocycles. The predicted molar refractivity (Wildman–Crippen MR) is 67.9 cm³/mol. The first-order valence-corrected chi connectivity index (χ1v) is 6.28. The van der Waals surface area contributed by atoms with Crippen molar-refractivity contribution in [3.8, 4) is 0 Å². The molecule has 0 radical (unpaired) electrons. The summed E-state index contributed by atoms with van der Waals surface area (Å²) in [6.07, 6.45) is 2.48. The average Bonchev–Trinajstić information content (AvgIpc) is 2.67. The maximum atomic E-state index is 9.19. The Morgan fingerprint density at radius 3 is 2.81 bits per heavy atom. The molecule has 2 heteroatoms. The summed E-state index contributed by atoms with van der Waals surface area (Å²) < 4.78 is 0. The van der Waals surface area contributed by atoms with Crippen molar-refractivity contribution in [1.82, 2.24) is 0 Å². The molecule has 1 N–H and O–H groups in total. The number of likely N-dealkylation sites (N-methyl/N-ethyl adjacent to an activating group) is 1. The third kappa shape index (κ3) is 1.94. The van der Waals surface area contributed by atoms with Gasteiger partial charge in [0.2, 0.25) is 0 Å². The molecule has 0 saturated heterocycles. The lowest BCUT2D eigenvalue weighted by molar-refractivity contribution is 0.281. The number of nitrogens with zero attached hydrogens (tertiary/aromatic N) is 1. The van der Waals surface area contributed by atoms with Crippen molar-refractivity contribution in [3.63, 3.8) is 0 Å². The number of aliphatic hydroxyl groups is 1. The van der Waals surface area contributed by atoms with Crippen LogP contribution >= 0.6 is 0 Å². The predicted octanol–water partition coefficient (Wildman–Crippen LogP) is 2.90. The Hall–Kier alpha value is -1.02. The first-order chi connectivity index (χ1) is 7.80. The van der Waals surface area contributed by atoms with Crippen LogP contribution in [0.2, 0.25) is 0 Å². The first kappa shape index (κ1) is 11.5. The number of hydrogen-bond donors (Lipinski definition) is 1. The Morgan fingerprint density at radius 1 is 1.38 bits per heavy atom. The van der Waals surface area contributed by atoms with Gasteiger partial charge in [-0.25, -0.2) is 0 Å². The molecule has 1 aliphatic rings. The topological polar surface area (TPSA) is 23.5 Å². The van der Waals surface area contributed by atoms with Gasteiger partial charge in [-0.3, -0.25) is 0 Å². The maximum absolute atomic E-state index is 9.19. The van der Waals surface area contributed by atoms with Crippen LogP contribution in [-0.2, 0) is 6.61 Å². The standard InChI is InChI=1S/C14H21NO/c1-3-5-12-9-15(4-2)14-7-6-11(10-16)8-13(12)14/h6-8,12,16H,3-5,9-10H2,1-2H3. The van der Waals surface area contributed by atoms with E-state index in [9.17, 15) is 5.11 Å². The number of fused-ring (bicyclic) bond motifs is 1. The van der Waals surface area contributed by atoms with Crippen molar-refractivity contribution in [1.29, 1.82) is 0 Å². The summed E-state index contributed by atoms with van der Waals surface area (Å²) in [5, 5.41) is 9.19. The molecule has 0 spiro atoms.